The third kappa shape index (κ3) is 42.8. The zero-order valence-corrected chi connectivity index (χ0v) is 38.8. The Bertz CT molecular complexity index is 1460. The predicted molar refractivity (Wildman–Crippen MR) is 253 cm³/mol. The number of unbranched alkanes of at least 4 members (excludes halogenated alkanes) is 10. The molecule has 0 radical (unpaired) electrons. The molecule has 0 aliphatic carbocycles. The molecule has 0 aliphatic rings. The monoisotopic (exact) mass is 886 g/mol. The standard InChI is InChI=1S/C50H80NO10P/c1-3-5-7-9-11-13-15-17-19-20-21-22-23-24-25-26-28-29-31-33-35-37-39-41-48(52)58-43-46(44-59-62(56,57)60-45-47(51)50(54)55)61-49(53)42-40-38-36-34-32-30-27-18-16-14-12-10-8-6-4-2/h5-8,11-14,17-19,21-22,27,32,34,38,40,46-47H,3-4,9-10,15-16,20,23-26,28-31,33,35-37,39,41-45,51H2,1-2H3,(H,54,55)(H,56,57)/b7-5-,8-6-,13-11-,14-12-,19-17-,22-21-,27-18-,34-32-,40-38-. The first-order chi connectivity index (χ1) is 30.1. The number of allylic oxidation sites excluding steroid dienone is 17. The lowest BCUT2D eigenvalue weighted by Gasteiger charge is -2.20. The number of hydrogen-bond donors (Lipinski definition) is 3. The Labute approximate surface area is 374 Å². The van der Waals surface area contributed by atoms with Gasteiger partial charge in [0.05, 0.1) is 19.6 Å². The highest BCUT2D eigenvalue weighted by atomic mass is 31.2. The molecular weight excluding hydrogens is 806 g/mol. The summed E-state index contributed by atoms with van der Waals surface area (Å²) in [6, 6.07) is -1.54. The van der Waals surface area contributed by atoms with Crippen LogP contribution < -0.4 is 5.73 Å². The number of hydrogen-bond acceptors (Lipinski definition) is 9. The van der Waals surface area contributed by atoms with E-state index < -0.39 is 57.7 Å². The van der Waals surface area contributed by atoms with Crippen molar-refractivity contribution in [3.63, 3.8) is 0 Å². The summed E-state index contributed by atoms with van der Waals surface area (Å²) in [5.41, 5.74) is 5.33. The topological polar surface area (TPSA) is 172 Å². The number of aliphatic carboxylic acids is 1. The van der Waals surface area contributed by atoms with Crippen molar-refractivity contribution in [3.05, 3.63) is 109 Å². The number of rotatable bonds is 41. The summed E-state index contributed by atoms with van der Waals surface area (Å²) < 4.78 is 32.6. The van der Waals surface area contributed by atoms with Gasteiger partial charge in [-0.15, -0.1) is 0 Å². The molecule has 0 saturated carbocycles. The maximum absolute atomic E-state index is 12.6. The fourth-order valence-electron chi connectivity index (χ4n) is 5.54. The Morgan fingerprint density at radius 3 is 1.35 bits per heavy atom. The number of phosphoric ester groups is 1. The van der Waals surface area contributed by atoms with Crippen molar-refractivity contribution >= 4 is 25.7 Å². The summed E-state index contributed by atoms with van der Waals surface area (Å²) in [5, 5.41) is 8.90. The average molecular weight is 886 g/mol. The highest BCUT2D eigenvalue weighted by Crippen LogP contribution is 2.43. The molecule has 0 fully saturated rings. The Morgan fingerprint density at radius 1 is 0.516 bits per heavy atom. The predicted octanol–water partition coefficient (Wildman–Crippen LogP) is 12.6. The number of carbonyl (C=O) groups is 3. The van der Waals surface area contributed by atoms with E-state index >= 15 is 0 Å². The maximum Gasteiger partial charge on any atom is 0.472 e. The Hall–Kier alpha value is -3.86. The van der Waals surface area contributed by atoms with Gasteiger partial charge in [0, 0.05) is 6.42 Å². The van der Waals surface area contributed by atoms with E-state index in [0.29, 0.717) is 12.8 Å². The van der Waals surface area contributed by atoms with E-state index in [9.17, 15) is 23.8 Å². The van der Waals surface area contributed by atoms with Crippen LogP contribution in [0.25, 0.3) is 0 Å². The quantitative estimate of drug-likeness (QED) is 0.0231. The summed E-state index contributed by atoms with van der Waals surface area (Å²) in [6.07, 6.45) is 57.6. The van der Waals surface area contributed by atoms with Crippen LogP contribution >= 0.6 is 7.82 Å². The molecule has 0 aromatic heterocycles. The average Bonchev–Trinajstić information content (AvgIpc) is 3.25. The van der Waals surface area contributed by atoms with Crippen molar-refractivity contribution in [1.82, 2.24) is 0 Å². The lowest BCUT2D eigenvalue weighted by Crippen LogP contribution is -2.34. The number of carboxylic acid groups (broad SMARTS) is 1. The molecular formula is C50H80NO10P. The molecule has 0 heterocycles. The summed E-state index contributed by atoms with van der Waals surface area (Å²) in [5.74, 6) is -2.56. The van der Waals surface area contributed by atoms with Crippen molar-refractivity contribution in [2.45, 2.75) is 167 Å². The lowest BCUT2D eigenvalue weighted by molar-refractivity contribution is -0.160. The number of ether oxygens (including phenoxy) is 2. The number of carbonyl (C=O) groups excluding carboxylic acids is 2. The Morgan fingerprint density at radius 2 is 0.903 bits per heavy atom. The molecule has 0 aromatic rings. The summed E-state index contributed by atoms with van der Waals surface area (Å²) in [7, 11) is -4.75. The zero-order valence-electron chi connectivity index (χ0n) is 37.9. The van der Waals surface area contributed by atoms with Crippen molar-refractivity contribution in [1.29, 1.82) is 0 Å². The van der Waals surface area contributed by atoms with E-state index in [2.05, 4.69) is 103 Å². The fourth-order valence-corrected chi connectivity index (χ4v) is 6.32. The van der Waals surface area contributed by atoms with Gasteiger partial charge >= 0.3 is 25.7 Å². The van der Waals surface area contributed by atoms with Gasteiger partial charge < -0.3 is 25.2 Å². The van der Waals surface area contributed by atoms with E-state index in [4.69, 9.17) is 24.8 Å². The van der Waals surface area contributed by atoms with Gasteiger partial charge in [0.15, 0.2) is 6.10 Å². The number of nitrogens with two attached hydrogens (primary N) is 1. The van der Waals surface area contributed by atoms with Crippen molar-refractivity contribution in [2.75, 3.05) is 19.8 Å². The van der Waals surface area contributed by atoms with Crippen LogP contribution in [-0.4, -0.2) is 59.9 Å². The number of esters is 2. The first kappa shape index (κ1) is 58.1. The minimum atomic E-state index is -4.75. The first-order valence-electron chi connectivity index (χ1n) is 22.9. The lowest BCUT2D eigenvalue weighted by atomic mass is 10.1. The van der Waals surface area contributed by atoms with Crippen LogP contribution in [0.3, 0.4) is 0 Å². The van der Waals surface area contributed by atoms with Gasteiger partial charge in [0.25, 0.3) is 0 Å². The van der Waals surface area contributed by atoms with Gasteiger partial charge in [-0.05, 0) is 77.0 Å². The van der Waals surface area contributed by atoms with Crippen LogP contribution in [0.1, 0.15) is 155 Å². The van der Waals surface area contributed by atoms with Gasteiger partial charge in [-0.3, -0.25) is 23.4 Å². The molecule has 350 valence electrons. The zero-order chi connectivity index (χ0) is 45.6. The van der Waals surface area contributed by atoms with Gasteiger partial charge in [0.2, 0.25) is 0 Å². The van der Waals surface area contributed by atoms with Crippen molar-refractivity contribution in [3.8, 4) is 0 Å². The van der Waals surface area contributed by atoms with Crippen LogP contribution in [0.15, 0.2) is 109 Å². The van der Waals surface area contributed by atoms with Crippen LogP contribution in [0, 0.1) is 0 Å². The van der Waals surface area contributed by atoms with E-state index in [0.717, 1.165) is 77.0 Å². The number of phosphoric acid groups is 1. The summed E-state index contributed by atoms with van der Waals surface area (Å²) in [4.78, 5) is 46.0. The van der Waals surface area contributed by atoms with E-state index in [-0.39, 0.29) is 12.8 Å². The molecule has 62 heavy (non-hydrogen) atoms. The molecule has 3 atom stereocenters. The highest BCUT2D eigenvalue weighted by Gasteiger charge is 2.28. The second-order valence-corrected chi connectivity index (χ2v) is 16.2. The van der Waals surface area contributed by atoms with Crippen LogP contribution in [-0.2, 0) is 37.5 Å². The van der Waals surface area contributed by atoms with Gasteiger partial charge in [-0.2, -0.15) is 0 Å². The van der Waals surface area contributed by atoms with E-state index in [1.165, 1.54) is 38.5 Å². The third-order valence-corrected chi connectivity index (χ3v) is 10.00. The molecule has 0 rings (SSSR count). The van der Waals surface area contributed by atoms with Crippen molar-refractivity contribution < 1.29 is 47.5 Å². The Kier molecular flexibility index (Phi) is 41.0. The van der Waals surface area contributed by atoms with Crippen molar-refractivity contribution in [2.24, 2.45) is 5.73 Å². The second kappa shape index (κ2) is 43.8. The molecule has 4 N–H and O–H groups in total. The number of carboxylic acids is 1. The fraction of sp³-hybridized carbons (Fsp3) is 0.580. The molecule has 0 aromatic carbocycles. The smallest absolute Gasteiger partial charge is 0.472 e. The summed E-state index contributed by atoms with van der Waals surface area (Å²) in [6.45, 7) is 2.46. The molecule has 12 heteroatoms. The van der Waals surface area contributed by atoms with Gasteiger partial charge in [0.1, 0.15) is 12.6 Å². The van der Waals surface area contributed by atoms with Crippen LogP contribution in [0.2, 0.25) is 0 Å². The molecule has 0 amide bonds. The maximum atomic E-state index is 12.6. The second-order valence-electron chi connectivity index (χ2n) is 14.8. The minimum absolute atomic E-state index is 0.0780. The highest BCUT2D eigenvalue weighted by molar-refractivity contribution is 7.47. The normalized spacial score (nSPS) is 14.6. The van der Waals surface area contributed by atoms with E-state index in [1.807, 2.05) is 18.2 Å². The Balaban J connectivity index is 4.39. The van der Waals surface area contributed by atoms with Crippen LogP contribution in [0.5, 0.6) is 0 Å². The van der Waals surface area contributed by atoms with E-state index in [1.54, 1.807) is 6.08 Å². The first-order valence-corrected chi connectivity index (χ1v) is 24.4. The van der Waals surface area contributed by atoms with Crippen LogP contribution in [0.4, 0.5) is 0 Å². The molecule has 0 aliphatic heterocycles. The largest absolute Gasteiger partial charge is 0.480 e. The molecule has 3 unspecified atom stereocenters. The molecule has 0 spiro atoms. The third-order valence-electron chi connectivity index (χ3n) is 9.05. The summed E-state index contributed by atoms with van der Waals surface area (Å²) >= 11 is 0. The SMILES string of the molecule is CC/C=C\C/C=C\C/C=C\C/C=C\C/C=C\CC(=O)OC(COC(=O)CCCCCCCCCCCC/C=C\C/C=C\C/C=C\C/C=C\CC)COP(=O)(O)OCC(N)C(=O)O. The molecule has 0 bridgehead atoms. The molecule has 11 nitrogen and oxygen atoms in total. The molecule has 0 saturated heterocycles. The van der Waals surface area contributed by atoms with Gasteiger partial charge in [-0.1, -0.05) is 175 Å². The van der Waals surface area contributed by atoms with Gasteiger partial charge in [-0.25, -0.2) is 4.57 Å². The minimum Gasteiger partial charge on any atom is -0.480 e.